The van der Waals surface area contributed by atoms with Gasteiger partial charge in [-0.25, -0.2) is 9.67 Å². The van der Waals surface area contributed by atoms with Crippen molar-refractivity contribution in [2.24, 2.45) is 0 Å². The zero-order chi connectivity index (χ0) is 20.3. The molecule has 30 heavy (non-hydrogen) atoms. The van der Waals surface area contributed by atoms with Gasteiger partial charge in [-0.1, -0.05) is 35.4 Å². The first-order valence-electron chi connectivity index (χ1n) is 9.03. The van der Waals surface area contributed by atoms with Crippen LogP contribution in [0.1, 0.15) is 5.56 Å². The molecule has 0 amide bonds. The normalized spacial score (nSPS) is 12.9. The topological polar surface area (TPSA) is 91.3 Å². The molecule has 0 unspecified atom stereocenters. The van der Waals surface area contributed by atoms with Crippen LogP contribution in [0.2, 0.25) is 0 Å². The van der Waals surface area contributed by atoms with Crippen molar-refractivity contribution < 1.29 is 13.9 Å². The van der Waals surface area contributed by atoms with Gasteiger partial charge in [-0.2, -0.15) is 5.10 Å². The molecule has 3 aromatic heterocycles. The third-order valence-corrected chi connectivity index (χ3v) is 4.75. The van der Waals surface area contributed by atoms with E-state index in [1.54, 1.807) is 34.2 Å². The molecule has 0 fully saturated rings. The van der Waals surface area contributed by atoms with Crippen LogP contribution in [-0.2, 0) is 16.0 Å². The number of hydrogen-bond donors (Lipinski definition) is 0. The Labute approximate surface area is 179 Å². The lowest BCUT2D eigenvalue weighted by Gasteiger charge is -2.19. The molecule has 1 aliphatic heterocycles. The van der Waals surface area contributed by atoms with Crippen LogP contribution in [0.3, 0.4) is 0 Å². The molecule has 0 saturated heterocycles. The second-order valence-electron chi connectivity index (χ2n) is 6.32. The van der Waals surface area contributed by atoms with Gasteiger partial charge in [-0.3, -0.25) is 4.90 Å². The largest absolute Gasteiger partial charge is 0.459 e. The van der Waals surface area contributed by atoms with Gasteiger partial charge >= 0.3 is 6.01 Å². The summed E-state index contributed by atoms with van der Waals surface area (Å²) in [5.74, 6) is 1.39. The van der Waals surface area contributed by atoms with E-state index in [9.17, 15) is 0 Å². The number of rotatable bonds is 6. The maximum atomic E-state index is 6.02. The standard InChI is InChI=1S/C20H15BrN6O3/c21-15-9-23-27(11-15)18-16(7-4-8-22-18)19-24-25-20(30-19)26(17-12-28-13-29-17)10-14-5-2-1-3-6-14/h1-9,11-12H,10,13H2. The van der Waals surface area contributed by atoms with Crippen LogP contribution in [0, 0.1) is 0 Å². The van der Waals surface area contributed by atoms with Gasteiger partial charge in [0.25, 0.3) is 5.89 Å². The number of anilines is 1. The number of pyridine rings is 1. The van der Waals surface area contributed by atoms with Crippen molar-refractivity contribution in [3.63, 3.8) is 0 Å². The van der Waals surface area contributed by atoms with Crippen LogP contribution in [-0.4, -0.2) is 31.8 Å². The molecular weight excluding hydrogens is 452 g/mol. The average molecular weight is 467 g/mol. The van der Waals surface area contributed by atoms with Crippen LogP contribution in [0.4, 0.5) is 6.01 Å². The summed E-state index contributed by atoms with van der Waals surface area (Å²) in [4.78, 5) is 6.18. The molecule has 1 aliphatic rings. The molecule has 150 valence electrons. The second kappa shape index (κ2) is 7.99. The quantitative estimate of drug-likeness (QED) is 0.422. The average Bonchev–Trinajstić information content (AvgIpc) is 3.55. The van der Waals surface area contributed by atoms with Crippen molar-refractivity contribution in [2.75, 3.05) is 11.7 Å². The van der Waals surface area contributed by atoms with E-state index in [0.29, 0.717) is 29.7 Å². The van der Waals surface area contributed by atoms with Crippen molar-refractivity contribution in [3.8, 4) is 17.3 Å². The fourth-order valence-electron chi connectivity index (χ4n) is 2.98. The summed E-state index contributed by atoms with van der Waals surface area (Å²) in [7, 11) is 0. The van der Waals surface area contributed by atoms with Crippen molar-refractivity contribution in [3.05, 3.63) is 83.2 Å². The third kappa shape index (κ3) is 3.64. The summed E-state index contributed by atoms with van der Waals surface area (Å²) >= 11 is 3.40. The SMILES string of the molecule is Brc1cnn(-c2ncccc2-c2nnc(N(Cc3ccccc3)C3=COCO3)o2)c1. The highest BCUT2D eigenvalue weighted by atomic mass is 79.9. The number of hydrogen-bond acceptors (Lipinski definition) is 8. The Balaban J connectivity index is 1.51. The first kappa shape index (κ1) is 18.4. The molecule has 0 N–H and O–H groups in total. The van der Waals surface area contributed by atoms with E-state index >= 15 is 0 Å². The summed E-state index contributed by atoms with van der Waals surface area (Å²) < 4.78 is 19.3. The summed E-state index contributed by atoms with van der Waals surface area (Å²) in [5, 5.41) is 12.8. The zero-order valence-corrected chi connectivity index (χ0v) is 17.1. The summed E-state index contributed by atoms with van der Waals surface area (Å²) in [6, 6.07) is 13.9. The highest BCUT2D eigenvalue weighted by Gasteiger charge is 2.25. The third-order valence-electron chi connectivity index (χ3n) is 4.34. The summed E-state index contributed by atoms with van der Waals surface area (Å²) in [6.45, 7) is 0.617. The van der Waals surface area contributed by atoms with E-state index < -0.39 is 0 Å². The summed E-state index contributed by atoms with van der Waals surface area (Å²) in [6.07, 6.45) is 6.70. The minimum Gasteiger partial charge on any atom is -0.459 e. The van der Waals surface area contributed by atoms with Gasteiger partial charge in [-0.15, -0.1) is 5.10 Å². The highest BCUT2D eigenvalue weighted by Crippen LogP contribution is 2.29. The van der Waals surface area contributed by atoms with Crippen LogP contribution in [0.25, 0.3) is 17.3 Å². The van der Waals surface area contributed by atoms with Gasteiger partial charge in [0.15, 0.2) is 5.82 Å². The Morgan fingerprint density at radius 3 is 2.77 bits per heavy atom. The minimum atomic E-state index is 0.141. The molecule has 1 aromatic carbocycles. The fraction of sp³-hybridized carbons (Fsp3) is 0.100. The van der Waals surface area contributed by atoms with E-state index in [1.165, 1.54) is 6.26 Å². The zero-order valence-electron chi connectivity index (χ0n) is 15.6. The monoisotopic (exact) mass is 466 g/mol. The van der Waals surface area contributed by atoms with Crippen molar-refractivity contribution >= 4 is 21.9 Å². The molecule has 0 bridgehead atoms. The number of halogens is 1. The van der Waals surface area contributed by atoms with E-state index in [0.717, 1.165) is 10.0 Å². The van der Waals surface area contributed by atoms with E-state index in [1.807, 2.05) is 36.4 Å². The molecule has 5 rings (SSSR count). The number of aromatic nitrogens is 5. The Kier molecular flexibility index (Phi) is 4.89. The molecule has 0 atom stereocenters. The van der Waals surface area contributed by atoms with Gasteiger partial charge in [0.05, 0.1) is 22.8 Å². The lowest BCUT2D eigenvalue weighted by atomic mass is 10.2. The predicted molar refractivity (Wildman–Crippen MR) is 110 cm³/mol. The number of ether oxygens (including phenoxy) is 2. The Morgan fingerprint density at radius 2 is 2.00 bits per heavy atom. The first-order chi connectivity index (χ1) is 14.8. The lowest BCUT2D eigenvalue weighted by Crippen LogP contribution is -2.22. The predicted octanol–water partition coefficient (Wildman–Crippen LogP) is 3.89. The van der Waals surface area contributed by atoms with Gasteiger partial charge < -0.3 is 13.9 Å². The molecule has 9 nitrogen and oxygen atoms in total. The Bertz CT molecular complexity index is 1190. The molecule has 4 aromatic rings. The maximum absolute atomic E-state index is 6.02. The molecular formula is C20H15BrN6O3. The van der Waals surface area contributed by atoms with Gasteiger partial charge in [0, 0.05) is 12.4 Å². The molecule has 0 aliphatic carbocycles. The van der Waals surface area contributed by atoms with Gasteiger partial charge in [-0.05, 0) is 33.6 Å². The Hall–Kier alpha value is -3.66. The maximum Gasteiger partial charge on any atom is 0.325 e. The lowest BCUT2D eigenvalue weighted by molar-refractivity contribution is 0.0776. The van der Waals surface area contributed by atoms with Crippen molar-refractivity contribution in [1.29, 1.82) is 0 Å². The molecule has 0 radical (unpaired) electrons. The van der Waals surface area contributed by atoms with Crippen LogP contribution < -0.4 is 4.90 Å². The van der Waals surface area contributed by atoms with E-state index in [4.69, 9.17) is 13.9 Å². The number of nitrogens with zero attached hydrogens (tertiary/aromatic N) is 6. The first-order valence-corrected chi connectivity index (χ1v) is 9.83. The molecule has 0 spiro atoms. The number of benzene rings is 1. The Morgan fingerprint density at radius 1 is 1.10 bits per heavy atom. The fourth-order valence-corrected chi connectivity index (χ4v) is 3.26. The van der Waals surface area contributed by atoms with Gasteiger partial charge in [0.1, 0.15) is 6.26 Å². The minimum absolute atomic E-state index is 0.141. The van der Waals surface area contributed by atoms with Gasteiger partial charge in [0.2, 0.25) is 12.7 Å². The van der Waals surface area contributed by atoms with Crippen LogP contribution in [0.15, 0.2) is 82.1 Å². The van der Waals surface area contributed by atoms with E-state index in [-0.39, 0.29) is 12.8 Å². The van der Waals surface area contributed by atoms with Crippen LogP contribution >= 0.6 is 15.9 Å². The van der Waals surface area contributed by atoms with E-state index in [2.05, 4.69) is 36.2 Å². The summed E-state index contributed by atoms with van der Waals surface area (Å²) in [5.41, 5.74) is 1.71. The molecule has 4 heterocycles. The highest BCUT2D eigenvalue weighted by molar-refractivity contribution is 9.10. The second-order valence-corrected chi connectivity index (χ2v) is 7.24. The van der Waals surface area contributed by atoms with Crippen molar-refractivity contribution in [2.45, 2.75) is 6.54 Å². The smallest absolute Gasteiger partial charge is 0.325 e. The van der Waals surface area contributed by atoms with Crippen molar-refractivity contribution in [1.82, 2.24) is 25.0 Å². The molecule has 0 saturated carbocycles. The van der Waals surface area contributed by atoms with Crippen LogP contribution in [0.5, 0.6) is 0 Å². The molecule has 10 heteroatoms.